The Morgan fingerprint density at radius 2 is 2.03 bits per heavy atom. The van der Waals surface area contributed by atoms with E-state index in [-0.39, 0.29) is 23.8 Å². The SMILES string of the molecule is CC[C@H](C)Oc1c(I)cc(/C=C2/SC(=O)N(Cc3ccccc3C#N)C2=O)cc1OC. The maximum atomic E-state index is 12.9. The van der Waals surface area contributed by atoms with E-state index in [0.29, 0.717) is 27.5 Å². The molecular weight excluding hydrogens is 527 g/mol. The molecule has 160 valence electrons. The predicted octanol–water partition coefficient (Wildman–Crippen LogP) is 5.59. The highest BCUT2D eigenvalue weighted by Crippen LogP contribution is 2.38. The van der Waals surface area contributed by atoms with Crippen LogP contribution in [0.1, 0.15) is 37.0 Å². The minimum atomic E-state index is -0.378. The van der Waals surface area contributed by atoms with Crippen LogP contribution in [0.5, 0.6) is 11.5 Å². The van der Waals surface area contributed by atoms with Gasteiger partial charge in [0.15, 0.2) is 11.5 Å². The Hall–Kier alpha value is -2.51. The van der Waals surface area contributed by atoms with Crippen LogP contribution >= 0.6 is 34.4 Å². The Labute approximate surface area is 199 Å². The first-order valence-electron chi connectivity index (χ1n) is 9.65. The molecule has 1 fully saturated rings. The number of hydrogen-bond acceptors (Lipinski definition) is 6. The molecule has 1 atom stereocenters. The molecule has 2 aromatic carbocycles. The van der Waals surface area contributed by atoms with Crippen LogP contribution in [0.2, 0.25) is 0 Å². The molecule has 6 nitrogen and oxygen atoms in total. The summed E-state index contributed by atoms with van der Waals surface area (Å²) in [5, 5.41) is 8.90. The number of halogens is 1. The number of carbonyl (C=O) groups excluding carboxylic acids is 2. The molecule has 1 aliphatic rings. The van der Waals surface area contributed by atoms with E-state index in [4.69, 9.17) is 9.47 Å². The Balaban J connectivity index is 1.87. The molecule has 1 aliphatic heterocycles. The van der Waals surface area contributed by atoms with Gasteiger partial charge in [0.05, 0.1) is 39.9 Å². The third kappa shape index (κ3) is 5.22. The number of amides is 2. The van der Waals surface area contributed by atoms with Gasteiger partial charge in [-0.1, -0.05) is 25.1 Å². The van der Waals surface area contributed by atoms with Crippen LogP contribution < -0.4 is 9.47 Å². The number of thioether (sulfide) groups is 1. The average molecular weight is 548 g/mol. The Morgan fingerprint density at radius 1 is 1.29 bits per heavy atom. The van der Waals surface area contributed by atoms with Crippen molar-refractivity contribution >= 4 is 51.6 Å². The topological polar surface area (TPSA) is 79.6 Å². The molecule has 0 saturated carbocycles. The molecule has 0 radical (unpaired) electrons. The fraction of sp³-hybridized carbons (Fsp3) is 0.261. The number of carbonyl (C=O) groups is 2. The molecule has 31 heavy (non-hydrogen) atoms. The lowest BCUT2D eigenvalue weighted by Gasteiger charge is -2.17. The third-order valence-electron chi connectivity index (χ3n) is 4.78. The molecule has 0 unspecified atom stereocenters. The van der Waals surface area contributed by atoms with Gasteiger partial charge in [-0.15, -0.1) is 0 Å². The molecular formula is C23H21IN2O4S. The average Bonchev–Trinajstić information content (AvgIpc) is 3.02. The smallest absolute Gasteiger partial charge is 0.293 e. The highest BCUT2D eigenvalue weighted by atomic mass is 127. The molecule has 0 aliphatic carbocycles. The number of ether oxygens (including phenoxy) is 2. The van der Waals surface area contributed by atoms with Gasteiger partial charge in [-0.05, 0) is 83.1 Å². The fourth-order valence-corrected chi connectivity index (χ4v) is 4.54. The lowest BCUT2D eigenvalue weighted by Crippen LogP contribution is -2.27. The van der Waals surface area contributed by atoms with E-state index in [1.165, 1.54) is 0 Å². The van der Waals surface area contributed by atoms with Crippen LogP contribution in [0.25, 0.3) is 6.08 Å². The summed E-state index contributed by atoms with van der Waals surface area (Å²) < 4.78 is 12.3. The highest BCUT2D eigenvalue weighted by Gasteiger charge is 2.35. The quantitative estimate of drug-likeness (QED) is 0.332. The summed E-state index contributed by atoms with van der Waals surface area (Å²) in [4.78, 5) is 26.9. The van der Waals surface area contributed by atoms with Gasteiger partial charge in [0.2, 0.25) is 0 Å². The lowest BCUT2D eigenvalue weighted by molar-refractivity contribution is -0.123. The zero-order chi connectivity index (χ0) is 22.5. The maximum Gasteiger partial charge on any atom is 0.293 e. The van der Waals surface area contributed by atoms with E-state index in [1.807, 2.05) is 19.9 Å². The largest absolute Gasteiger partial charge is 0.493 e. The minimum absolute atomic E-state index is 0.0426. The zero-order valence-corrected chi connectivity index (χ0v) is 20.3. The van der Waals surface area contributed by atoms with Gasteiger partial charge in [0, 0.05) is 0 Å². The van der Waals surface area contributed by atoms with Gasteiger partial charge < -0.3 is 9.47 Å². The van der Waals surface area contributed by atoms with Gasteiger partial charge in [0.1, 0.15) is 0 Å². The van der Waals surface area contributed by atoms with E-state index in [2.05, 4.69) is 28.7 Å². The van der Waals surface area contributed by atoms with Crippen molar-refractivity contribution in [2.24, 2.45) is 0 Å². The molecule has 1 heterocycles. The fourth-order valence-electron chi connectivity index (χ4n) is 2.95. The first-order chi connectivity index (χ1) is 14.9. The number of imide groups is 1. The summed E-state index contributed by atoms with van der Waals surface area (Å²) in [6.07, 6.45) is 2.59. The van der Waals surface area contributed by atoms with Crippen LogP contribution in [0, 0.1) is 14.9 Å². The summed E-state index contributed by atoms with van der Waals surface area (Å²) in [5.41, 5.74) is 1.82. The Morgan fingerprint density at radius 3 is 2.71 bits per heavy atom. The van der Waals surface area contributed by atoms with Gasteiger partial charge >= 0.3 is 0 Å². The third-order valence-corrected chi connectivity index (χ3v) is 6.49. The first-order valence-corrected chi connectivity index (χ1v) is 11.5. The second kappa shape index (κ2) is 10.2. The van der Waals surface area contributed by atoms with Gasteiger partial charge in [0.25, 0.3) is 11.1 Å². The van der Waals surface area contributed by atoms with E-state index in [0.717, 1.165) is 32.2 Å². The predicted molar refractivity (Wildman–Crippen MR) is 129 cm³/mol. The van der Waals surface area contributed by atoms with Gasteiger partial charge in [-0.3, -0.25) is 14.5 Å². The van der Waals surface area contributed by atoms with Crippen molar-refractivity contribution in [3.8, 4) is 17.6 Å². The van der Waals surface area contributed by atoms with Crippen molar-refractivity contribution in [3.63, 3.8) is 0 Å². The number of nitriles is 1. The van der Waals surface area contributed by atoms with Crippen molar-refractivity contribution in [2.75, 3.05) is 7.11 Å². The van der Waals surface area contributed by atoms with Gasteiger partial charge in [-0.2, -0.15) is 5.26 Å². The van der Waals surface area contributed by atoms with E-state index in [1.54, 1.807) is 43.5 Å². The second-order valence-electron chi connectivity index (χ2n) is 6.91. The van der Waals surface area contributed by atoms with Crippen LogP contribution in [0.3, 0.4) is 0 Å². The minimum Gasteiger partial charge on any atom is -0.493 e. The summed E-state index contributed by atoms with van der Waals surface area (Å²) >= 11 is 3.06. The summed E-state index contributed by atoms with van der Waals surface area (Å²) in [6, 6.07) is 12.7. The Bertz CT molecular complexity index is 1090. The van der Waals surface area contributed by atoms with E-state index >= 15 is 0 Å². The summed E-state index contributed by atoms with van der Waals surface area (Å²) in [7, 11) is 1.57. The summed E-state index contributed by atoms with van der Waals surface area (Å²) in [6.45, 7) is 4.10. The number of methoxy groups -OCH3 is 1. The monoisotopic (exact) mass is 548 g/mol. The van der Waals surface area contributed by atoms with Crippen LogP contribution in [0.15, 0.2) is 41.3 Å². The first kappa shape index (κ1) is 23.2. The number of benzene rings is 2. The van der Waals surface area contributed by atoms with Crippen LogP contribution in [-0.4, -0.2) is 29.3 Å². The molecule has 0 bridgehead atoms. The van der Waals surface area contributed by atoms with Crippen LogP contribution in [-0.2, 0) is 11.3 Å². The molecule has 3 rings (SSSR count). The van der Waals surface area contributed by atoms with E-state index < -0.39 is 0 Å². The highest BCUT2D eigenvalue weighted by molar-refractivity contribution is 14.1. The number of nitrogens with zero attached hydrogens (tertiary/aromatic N) is 2. The lowest BCUT2D eigenvalue weighted by atomic mass is 10.1. The van der Waals surface area contributed by atoms with Crippen molar-refractivity contribution in [1.82, 2.24) is 4.90 Å². The van der Waals surface area contributed by atoms with Crippen LogP contribution in [0.4, 0.5) is 4.79 Å². The molecule has 0 N–H and O–H groups in total. The van der Waals surface area contributed by atoms with Gasteiger partial charge in [-0.25, -0.2) is 0 Å². The zero-order valence-electron chi connectivity index (χ0n) is 17.3. The number of hydrogen-bond donors (Lipinski definition) is 0. The summed E-state index contributed by atoms with van der Waals surface area (Å²) in [5.74, 6) is 0.855. The van der Waals surface area contributed by atoms with Crippen molar-refractivity contribution in [3.05, 3.63) is 61.6 Å². The molecule has 0 aromatic heterocycles. The normalized spacial score (nSPS) is 15.8. The number of rotatable bonds is 7. The molecule has 2 amide bonds. The van der Waals surface area contributed by atoms with Crippen molar-refractivity contribution < 1.29 is 19.1 Å². The molecule has 8 heteroatoms. The standard InChI is InChI=1S/C23H21IN2O4S/c1-4-14(2)30-21-18(24)9-15(10-19(21)29-3)11-20-22(27)26(23(28)31-20)13-17-8-6-5-7-16(17)12-25/h5-11,14H,4,13H2,1-3H3/b20-11+/t14-/m0/s1. The van der Waals surface area contributed by atoms with Crippen molar-refractivity contribution in [2.45, 2.75) is 32.9 Å². The Kier molecular flexibility index (Phi) is 7.62. The molecule has 0 spiro atoms. The van der Waals surface area contributed by atoms with Crippen molar-refractivity contribution in [1.29, 1.82) is 5.26 Å². The molecule has 2 aromatic rings. The molecule has 1 saturated heterocycles. The van der Waals surface area contributed by atoms with E-state index in [9.17, 15) is 14.9 Å². The second-order valence-corrected chi connectivity index (χ2v) is 9.06. The maximum absolute atomic E-state index is 12.9.